The summed E-state index contributed by atoms with van der Waals surface area (Å²) >= 11 is 0. The number of hydrogen-bond acceptors (Lipinski definition) is 1. The van der Waals surface area contributed by atoms with Gasteiger partial charge >= 0.3 is 0 Å². The van der Waals surface area contributed by atoms with Gasteiger partial charge in [0.15, 0.2) is 5.78 Å². The number of aromatic nitrogens is 1. The van der Waals surface area contributed by atoms with Gasteiger partial charge in [-0.3, -0.25) is 4.79 Å². The summed E-state index contributed by atoms with van der Waals surface area (Å²) in [4.78, 5) is 11.2. The molecule has 88 valence electrons. The summed E-state index contributed by atoms with van der Waals surface area (Å²) in [5.74, 6) is 0.0962. The molecule has 0 fully saturated rings. The third kappa shape index (κ3) is 1.72. The fourth-order valence-electron chi connectivity index (χ4n) is 2.16. The summed E-state index contributed by atoms with van der Waals surface area (Å²) in [5, 5.41) is 1.22. The summed E-state index contributed by atoms with van der Waals surface area (Å²) < 4.78 is 2.12. The maximum Gasteiger partial charge on any atom is 0.159 e. The SMILES string of the molecule is CC(=O)c1ccc(-n2ccc3ccccc32)cc1. The van der Waals surface area contributed by atoms with Crippen molar-refractivity contribution in [2.24, 2.45) is 0 Å². The van der Waals surface area contributed by atoms with Crippen molar-refractivity contribution >= 4 is 16.7 Å². The first-order chi connectivity index (χ1) is 8.75. The lowest BCUT2D eigenvalue weighted by molar-refractivity contribution is 0.101. The standard InChI is InChI=1S/C16H13NO/c1-12(18)13-6-8-15(9-7-13)17-11-10-14-4-2-3-5-16(14)17/h2-11H,1H3. The summed E-state index contributed by atoms with van der Waals surface area (Å²) in [7, 11) is 0. The number of carbonyl (C=O) groups excluding carboxylic acids is 1. The molecule has 1 heterocycles. The van der Waals surface area contributed by atoms with Gasteiger partial charge in [0.1, 0.15) is 0 Å². The van der Waals surface area contributed by atoms with Crippen LogP contribution in [-0.4, -0.2) is 10.4 Å². The van der Waals surface area contributed by atoms with Crippen molar-refractivity contribution < 1.29 is 4.79 Å². The van der Waals surface area contributed by atoms with Gasteiger partial charge in [-0.05, 0) is 48.7 Å². The molecule has 0 radical (unpaired) electrons. The quantitative estimate of drug-likeness (QED) is 0.619. The molecule has 18 heavy (non-hydrogen) atoms. The molecule has 2 aromatic carbocycles. The van der Waals surface area contributed by atoms with Gasteiger partial charge < -0.3 is 4.57 Å². The van der Waals surface area contributed by atoms with Crippen molar-refractivity contribution in [3.05, 3.63) is 66.4 Å². The van der Waals surface area contributed by atoms with E-state index in [0.717, 1.165) is 11.3 Å². The minimum absolute atomic E-state index is 0.0962. The Balaban J connectivity index is 2.12. The lowest BCUT2D eigenvalue weighted by Crippen LogP contribution is -1.95. The zero-order chi connectivity index (χ0) is 12.5. The van der Waals surface area contributed by atoms with E-state index >= 15 is 0 Å². The average molecular weight is 235 g/mol. The Kier molecular flexibility index (Phi) is 2.49. The number of fused-ring (bicyclic) bond motifs is 1. The molecule has 0 unspecified atom stereocenters. The number of carbonyl (C=O) groups is 1. The Labute approximate surface area is 105 Å². The topological polar surface area (TPSA) is 22.0 Å². The molecule has 0 bridgehead atoms. The molecule has 0 saturated heterocycles. The summed E-state index contributed by atoms with van der Waals surface area (Å²) in [6, 6.07) is 18.0. The Morgan fingerprint density at radius 3 is 2.39 bits per heavy atom. The number of Topliss-reactive ketones (excluding diaryl/α,β-unsaturated/α-hetero) is 1. The van der Waals surface area contributed by atoms with E-state index in [-0.39, 0.29) is 5.78 Å². The minimum atomic E-state index is 0.0962. The number of nitrogens with zero attached hydrogens (tertiary/aromatic N) is 1. The predicted octanol–water partition coefficient (Wildman–Crippen LogP) is 3.83. The van der Waals surface area contributed by atoms with Crippen LogP contribution in [-0.2, 0) is 0 Å². The van der Waals surface area contributed by atoms with Crippen LogP contribution in [0, 0.1) is 0 Å². The van der Waals surface area contributed by atoms with Crippen LogP contribution in [0.25, 0.3) is 16.6 Å². The fraction of sp³-hybridized carbons (Fsp3) is 0.0625. The van der Waals surface area contributed by atoms with Gasteiger partial charge in [0.2, 0.25) is 0 Å². The molecule has 0 atom stereocenters. The molecule has 0 spiro atoms. The Morgan fingerprint density at radius 1 is 0.944 bits per heavy atom. The predicted molar refractivity (Wildman–Crippen MR) is 73.3 cm³/mol. The maximum absolute atomic E-state index is 11.2. The largest absolute Gasteiger partial charge is 0.317 e. The smallest absolute Gasteiger partial charge is 0.159 e. The molecule has 0 aliphatic heterocycles. The van der Waals surface area contributed by atoms with Crippen LogP contribution in [0.4, 0.5) is 0 Å². The van der Waals surface area contributed by atoms with E-state index in [1.54, 1.807) is 6.92 Å². The van der Waals surface area contributed by atoms with Crippen LogP contribution in [0.2, 0.25) is 0 Å². The van der Waals surface area contributed by atoms with E-state index in [1.165, 1.54) is 10.9 Å². The molecule has 0 aliphatic rings. The van der Waals surface area contributed by atoms with Crippen molar-refractivity contribution in [1.82, 2.24) is 4.57 Å². The normalized spacial score (nSPS) is 10.7. The monoisotopic (exact) mass is 235 g/mol. The molecule has 2 heteroatoms. The Bertz CT molecular complexity index is 707. The first-order valence-electron chi connectivity index (χ1n) is 5.93. The Hall–Kier alpha value is -2.35. The highest BCUT2D eigenvalue weighted by Crippen LogP contribution is 2.20. The molecule has 0 saturated carbocycles. The van der Waals surface area contributed by atoms with Crippen molar-refractivity contribution in [2.45, 2.75) is 6.92 Å². The van der Waals surface area contributed by atoms with Crippen molar-refractivity contribution in [3.8, 4) is 5.69 Å². The number of hydrogen-bond donors (Lipinski definition) is 0. The molecule has 2 nitrogen and oxygen atoms in total. The lowest BCUT2D eigenvalue weighted by atomic mass is 10.1. The van der Waals surface area contributed by atoms with Crippen LogP contribution in [0.1, 0.15) is 17.3 Å². The highest BCUT2D eigenvalue weighted by Gasteiger charge is 2.03. The number of para-hydroxylation sites is 1. The van der Waals surface area contributed by atoms with E-state index < -0.39 is 0 Å². The molecule has 0 N–H and O–H groups in total. The van der Waals surface area contributed by atoms with Gasteiger partial charge in [-0.15, -0.1) is 0 Å². The van der Waals surface area contributed by atoms with E-state index in [9.17, 15) is 4.79 Å². The molecule has 0 aliphatic carbocycles. The molecule has 1 aromatic heterocycles. The molecular formula is C16H13NO. The average Bonchev–Trinajstić information content (AvgIpc) is 2.82. The first-order valence-corrected chi connectivity index (χ1v) is 5.93. The van der Waals surface area contributed by atoms with E-state index in [2.05, 4.69) is 22.8 Å². The van der Waals surface area contributed by atoms with Gasteiger partial charge in [0, 0.05) is 17.4 Å². The molecular weight excluding hydrogens is 222 g/mol. The highest BCUT2D eigenvalue weighted by molar-refractivity contribution is 5.94. The minimum Gasteiger partial charge on any atom is -0.317 e. The van der Waals surface area contributed by atoms with Crippen LogP contribution in [0.15, 0.2) is 60.8 Å². The second-order valence-electron chi connectivity index (χ2n) is 4.35. The Morgan fingerprint density at radius 2 is 1.67 bits per heavy atom. The first kappa shape index (κ1) is 10.8. The van der Waals surface area contributed by atoms with Crippen molar-refractivity contribution in [1.29, 1.82) is 0 Å². The van der Waals surface area contributed by atoms with Gasteiger partial charge in [0.25, 0.3) is 0 Å². The lowest BCUT2D eigenvalue weighted by Gasteiger charge is -2.06. The second-order valence-corrected chi connectivity index (χ2v) is 4.35. The third-order valence-corrected chi connectivity index (χ3v) is 3.15. The van der Waals surface area contributed by atoms with E-state index in [0.29, 0.717) is 0 Å². The fourth-order valence-corrected chi connectivity index (χ4v) is 2.16. The molecule has 3 rings (SSSR count). The number of benzene rings is 2. The van der Waals surface area contributed by atoms with E-state index in [1.807, 2.05) is 42.6 Å². The molecule has 0 amide bonds. The van der Waals surface area contributed by atoms with Gasteiger partial charge in [-0.1, -0.05) is 18.2 Å². The number of rotatable bonds is 2. The van der Waals surface area contributed by atoms with Crippen LogP contribution in [0.5, 0.6) is 0 Å². The summed E-state index contributed by atoms with van der Waals surface area (Å²) in [5.41, 5.74) is 2.99. The van der Waals surface area contributed by atoms with Gasteiger partial charge in [-0.25, -0.2) is 0 Å². The van der Waals surface area contributed by atoms with Crippen LogP contribution >= 0.6 is 0 Å². The molecule has 3 aromatic rings. The third-order valence-electron chi connectivity index (χ3n) is 3.15. The van der Waals surface area contributed by atoms with E-state index in [4.69, 9.17) is 0 Å². The van der Waals surface area contributed by atoms with Gasteiger partial charge in [-0.2, -0.15) is 0 Å². The summed E-state index contributed by atoms with van der Waals surface area (Å²) in [6.07, 6.45) is 2.05. The zero-order valence-electron chi connectivity index (χ0n) is 10.1. The van der Waals surface area contributed by atoms with Gasteiger partial charge in [0.05, 0.1) is 5.52 Å². The number of ketones is 1. The van der Waals surface area contributed by atoms with Crippen molar-refractivity contribution in [2.75, 3.05) is 0 Å². The van der Waals surface area contributed by atoms with Crippen LogP contribution < -0.4 is 0 Å². The highest BCUT2D eigenvalue weighted by atomic mass is 16.1. The van der Waals surface area contributed by atoms with Crippen LogP contribution in [0.3, 0.4) is 0 Å². The summed E-state index contributed by atoms with van der Waals surface area (Å²) in [6.45, 7) is 1.58. The zero-order valence-corrected chi connectivity index (χ0v) is 10.1. The van der Waals surface area contributed by atoms with Crippen molar-refractivity contribution in [3.63, 3.8) is 0 Å². The maximum atomic E-state index is 11.2. The second kappa shape index (κ2) is 4.15.